The Hall–Kier alpha value is -1.30. The average Bonchev–Trinajstić information content (AvgIpc) is 2.40. The molecule has 110 valence electrons. The van der Waals surface area contributed by atoms with Crippen LogP contribution in [0.25, 0.3) is 0 Å². The van der Waals surface area contributed by atoms with Crippen LogP contribution < -0.4 is 11.1 Å². The normalized spacial score (nSPS) is 18.1. The predicted molar refractivity (Wildman–Crippen MR) is 77.4 cm³/mol. The summed E-state index contributed by atoms with van der Waals surface area (Å²) in [7, 11) is 0. The largest absolute Gasteiger partial charge is 0.386 e. The summed E-state index contributed by atoms with van der Waals surface area (Å²) in [5.41, 5.74) is 5.60. The molecule has 1 unspecified atom stereocenters. The van der Waals surface area contributed by atoms with Gasteiger partial charge in [0.05, 0.1) is 6.04 Å². The van der Waals surface area contributed by atoms with Crippen molar-refractivity contribution >= 4 is 11.9 Å². The van der Waals surface area contributed by atoms with Crippen molar-refractivity contribution < 1.29 is 4.79 Å². The van der Waals surface area contributed by atoms with Crippen molar-refractivity contribution in [2.75, 3.05) is 32.7 Å². The van der Waals surface area contributed by atoms with E-state index in [0.717, 1.165) is 38.9 Å². The Labute approximate surface area is 115 Å². The number of nitrogens with two attached hydrogens (primary N) is 1. The smallest absolute Gasteiger partial charge is 0.317 e. The Morgan fingerprint density at radius 3 is 2.42 bits per heavy atom. The Bertz CT molecular complexity index is 299. The molecule has 0 spiro atoms. The summed E-state index contributed by atoms with van der Waals surface area (Å²) in [5, 5.41) is 10.5. The molecular formula is C13H27N5O. The molecule has 4 N–H and O–H groups in total. The van der Waals surface area contributed by atoms with Crippen LogP contribution in [0.4, 0.5) is 4.79 Å². The number of carbonyl (C=O) groups excluding carboxylic acids is 1. The summed E-state index contributed by atoms with van der Waals surface area (Å²) < 4.78 is 0. The highest BCUT2D eigenvalue weighted by molar-refractivity contribution is 5.82. The molecule has 1 atom stereocenters. The fourth-order valence-corrected chi connectivity index (χ4v) is 2.40. The van der Waals surface area contributed by atoms with Crippen molar-refractivity contribution in [3.05, 3.63) is 0 Å². The van der Waals surface area contributed by atoms with E-state index in [1.165, 1.54) is 0 Å². The van der Waals surface area contributed by atoms with Crippen LogP contribution in [-0.4, -0.2) is 60.4 Å². The van der Waals surface area contributed by atoms with Crippen LogP contribution in [-0.2, 0) is 0 Å². The van der Waals surface area contributed by atoms with Gasteiger partial charge in [0.1, 0.15) is 5.84 Å². The first-order valence-corrected chi connectivity index (χ1v) is 7.20. The van der Waals surface area contributed by atoms with E-state index in [9.17, 15) is 4.79 Å². The van der Waals surface area contributed by atoms with Crippen LogP contribution in [0.1, 0.15) is 33.1 Å². The zero-order valence-corrected chi connectivity index (χ0v) is 12.1. The fourth-order valence-electron chi connectivity index (χ4n) is 2.40. The molecule has 19 heavy (non-hydrogen) atoms. The van der Waals surface area contributed by atoms with Gasteiger partial charge in [0, 0.05) is 32.7 Å². The van der Waals surface area contributed by atoms with Gasteiger partial charge in [0.2, 0.25) is 0 Å². The molecule has 2 amide bonds. The molecule has 0 saturated carbocycles. The number of piperazine rings is 1. The van der Waals surface area contributed by atoms with Crippen LogP contribution in [0, 0.1) is 5.41 Å². The summed E-state index contributed by atoms with van der Waals surface area (Å²) in [6.45, 7) is 7.90. The van der Waals surface area contributed by atoms with E-state index in [-0.39, 0.29) is 17.9 Å². The Balaban J connectivity index is 2.35. The second kappa shape index (κ2) is 7.99. The lowest BCUT2D eigenvalue weighted by Crippen LogP contribution is -2.56. The number of nitrogens with zero attached hydrogens (tertiary/aromatic N) is 2. The van der Waals surface area contributed by atoms with E-state index < -0.39 is 0 Å². The van der Waals surface area contributed by atoms with Gasteiger partial charge in [0.15, 0.2) is 0 Å². The van der Waals surface area contributed by atoms with Crippen LogP contribution in [0.15, 0.2) is 0 Å². The first-order valence-electron chi connectivity index (χ1n) is 7.20. The minimum absolute atomic E-state index is 0.0188. The van der Waals surface area contributed by atoms with Gasteiger partial charge in [-0.25, -0.2) is 4.79 Å². The third-order valence-corrected chi connectivity index (χ3v) is 3.59. The van der Waals surface area contributed by atoms with Gasteiger partial charge < -0.3 is 16.0 Å². The summed E-state index contributed by atoms with van der Waals surface area (Å²) >= 11 is 0. The van der Waals surface area contributed by atoms with Gasteiger partial charge in [-0.2, -0.15) is 0 Å². The van der Waals surface area contributed by atoms with E-state index in [0.29, 0.717) is 13.1 Å². The zero-order chi connectivity index (χ0) is 14.3. The number of amides is 2. The van der Waals surface area contributed by atoms with Crippen LogP contribution in [0.2, 0.25) is 0 Å². The molecule has 0 aromatic rings. The van der Waals surface area contributed by atoms with Crippen molar-refractivity contribution in [2.24, 2.45) is 5.73 Å². The van der Waals surface area contributed by atoms with Crippen LogP contribution in [0.3, 0.4) is 0 Å². The predicted octanol–water partition coefficient (Wildman–Crippen LogP) is 0.828. The maximum Gasteiger partial charge on any atom is 0.317 e. The molecule has 1 aliphatic rings. The highest BCUT2D eigenvalue weighted by Crippen LogP contribution is 2.09. The maximum atomic E-state index is 11.9. The maximum absolute atomic E-state index is 11.9. The van der Waals surface area contributed by atoms with Gasteiger partial charge in [-0.15, -0.1) is 0 Å². The second-order valence-electron chi connectivity index (χ2n) is 4.99. The summed E-state index contributed by atoms with van der Waals surface area (Å²) in [6.07, 6.45) is 2.96. The highest BCUT2D eigenvalue weighted by Gasteiger charge is 2.26. The molecule has 1 rings (SSSR count). The molecular weight excluding hydrogens is 242 g/mol. The van der Waals surface area contributed by atoms with Crippen molar-refractivity contribution in [3.63, 3.8) is 0 Å². The van der Waals surface area contributed by atoms with E-state index in [2.05, 4.69) is 17.1 Å². The number of hydrogen-bond donors (Lipinski definition) is 3. The number of unbranched alkanes of at least 4 members (excludes halogenated alkanes) is 1. The molecule has 6 heteroatoms. The topological polar surface area (TPSA) is 85.5 Å². The first kappa shape index (κ1) is 15.8. The number of nitrogens with one attached hydrogen (secondary N) is 2. The summed E-state index contributed by atoms with van der Waals surface area (Å²) in [4.78, 5) is 15.9. The van der Waals surface area contributed by atoms with Gasteiger partial charge in [-0.3, -0.25) is 10.3 Å². The monoisotopic (exact) mass is 269 g/mol. The third-order valence-electron chi connectivity index (χ3n) is 3.59. The van der Waals surface area contributed by atoms with Gasteiger partial charge in [-0.1, -0.05) is 20.3 Å². The Kier molecular flexibility index (Phi) is 6.62. The van der Waals surface area contributed by atoms with Crippen molar-refractivity contribution in [3.8, 4) is 0 Å². The van der Waals surface area contributed by atoms with Crippen molar-refractivity contribution in [1.29, 1.82) is 5.41 Å². The molecule has 1 aliphatic heterocycles. The standard InChI is InChI=1S/C13H27N5O/c1-3-5-6-16-13(19)18-9-7-17(8-10-18)11(4-2)12(14)15/h11H,3-10H2,1-2H3,(H3,14,15)(H,16,19). The van der Waals surface area contributed by atoms with Gasteiger partial charge in [0.25, 0.3) is 0 Å². The first-order chi connectivity index (χ1) is 9.10. The third kappa shape index (κ3) is 4.70. The van der Waals surface area contributed by atoms with E-state index in [1.54, 1.807) is 0 Å². The van der Waals surface area contributed by atoms with Crippen LogP contribution >= 0.6 is 0 Å². The number of carbonyl (C=O) groups is 1. The van der Waals surface area contributed by atoms with Crippen LogP contribution in [0.5, 0.6) is 0 Å². The van der Waals surface area contributed by atoms with E-state index in [1.807, 2.05) is 11.8 Å². The minimum atomic E-state index is 0.0188. The number of urea groups is 1. The molecule has 0 aliphatic carbocycles. The molecule has 6 nitrogen and oxygen atoms in total. The zero-order valence-electron chi connectivity index (χ0n) is 12.1. The SMILES string of the molecule is CCCCNC(=O)N1CCN(C(CC)C(=N)N)CC1. The quantitative estimate of drug-likeness (QED) is 0.379. The number of rotatable bonds is 6. The number of amidine groups is 1. The van der Waals surface area contributed by atoms with E-state index >= 15 is 0 Å². The minimum Gasteiger partial charge on any atom is -0.386 e. The molecule has 1 saturated heterocycles. The van der Waals surface area contributed by atoms with Crippen molar-refractivity contribution in [1.82, 2.24) is 15.1 Å². The lowest BCUT2D eigenvalue weighted by Gasteiger charge is -2.38. The van der Waals surface area contributed by atoms with Crippen molar-refractivity contribution in [2.45, 2.75) is 39.2 Å². The van der Waals surface area contributed by atoms with Gasteiger partial charge >= 0.3 is 6.03 Å². The molecule has 0 aromatic carbocycles. The second-order valence-corrected chi connectivity index (χ2v) is 4.99. The van der Waals surface area contributed by atoms with E-state index in [4.69, 9.17) is 11.1 Å². The lowest BCUT2D eigenvalue weighted by molar-refractivity contribution is 0.125. The molecule has 1 fully saturated rings. The fraction of sp³-hybridized carbons (Fsp3) is 0.846. The lowest BCUT2D eigenvalue weighted by atomic mass is 10.1. The summed E-state index contributed by atoms with van der Waals surface area (Å²) in [5.74, 6) is 0.225. The molecule has 0 radical (unpaired) electrons. The Morgan fingerprint density at radius 2 is 1.95 bits per heavy atom. The highest BCUT2D eigenvalue weighted by atomic mass is 16.2. The average molecular weight is 269 g/mol. The molecule has 0 aromatic heterocycles. The number of hydrogen-bond acceptors (Lipinski definition) is 3. The molecule has 1 heterocycles. The Morgan fingerprint density at radius 1 is 1.32 bits per heavy atom. The summed E-state index contributed by atoms with van der Waals surface area (Å²) in [6, 6.07) is 0.0503. The van der Waals surface area contributed by atoms with Gasteiger partial charge in [-0.05, 0) is 12.8 Å². The molecule has 0 bridgehead atoms.